The molecule has 3 aromatic rings. The van der Waals surface area contributed by atoms with E-state index in [4.69, 9.17) is 14.4 Å². The average Bonchev–Trinajstić information content (AvgIpc) is 3.57. The molecule has 0 spiro atoms. The summed E-state index contributed by atoms with van der Waals surface area (Å²) in [4.78, 5) is 23.7. The SMILES string of the molecule is CC(C)(C)[Si](C)(C)OC[C@@H]1C[C@H](Nc2ncn(C(c3ccccc3)(c3ccccc3)c3ccccc3)c3nccc2-3)CN(C(=O)O)C1. The number of rotatable bonds is 9. The number of hydrogen-bond acceptors (Lipinski definition) is 5. The second kappa shape index (κ2) is 13.0. The highest BCUT2D eigenvalue weighted by Crippen LogP contribution is 2.44. The summed E-state index contributed by atoms with van der Waals surface area (Å²) in [6, 6.07) is 33.3. The Morgan fingerprint density at radius 2 is 1.43 bits per heavy atom. The first-order valence-corrected chi connectivity index (χ1v) is 19.3. The fourth-order valence-corrected chi connectivity index (χ4v) is 7.67. The molecule has 1 amide bonds. The molecule has 3 aliphatic rings. The van der Waals surface area contributed by atoms with Gasteiger partial charge in [-0.3, -0.25) is 4.57 Å². The molecule has 244 valence electrons. The van der Waals surface area contributed by atoms with E-state index in [2.05, 4.69) is 117 Å². The van der Waals surface area contributed by atoms with Crippen molar-refractivity contribution in [3.63, 3.8) is 0 Å². The molecule has 1 fully saturated rings. The Morgan fingerprint density at radius 1 is 0.872 bits per heavy atom. The molecular weight excluding hydrogens is 603 g/mol. The van der Waals surface area contributed by atoms with E-state index in [9.17, 15) is 9.90 Å². The Hall–Kier alpha value is -4.47. The van der Waals surface area contributed by atoms with E-state index in [1.54, 1.807) is 0 Å². The maximum Gasteiger partial charge on any atom is 0.407 e. The summed E-state index contributed by atoms with van der Waals surface area (Å²) in [6.45, 7) is 12.5. The number of anilines is 1. The van der Waals surface area contributed by atoms with Gasteiger partial charge in [0.05, 0.1) is 11.9 Å². The zero-order valence-corrected chi connectivity index (χ0v) is 28.9. The fourth-order valence-electron chi connectivity index (χ4n) is 6.58. The summed E-state index contributed by atoms with van der Waals surface area (Å²) >= 11 is 0. The first kappa shape index (κ1) is 32.5. The van der Waals surface area contributed by atoms with Crippen molar-refractivity contribution in [1.29, 1.82) is 0 Å². The van der Waals surface area contributed by atoms with Crippen LogP contribution >= 0.6 is 0 Å². The van der Waals surface area contributed by atoms with Gasteiger partial charge >= 0.3 is 6.09 Å². The number of amides is 1. The second-order valence-electron chi connectivity index (χ2n) is 14.2. The maximum absolute atomic E-state index is 12.2. The average molecular weight is 648 g/mol. The van der Waals surface area contributed by atoms with Crippen molar-refractivity contribution in [2.24, 2.45) is 5.92 Å². The van der Waals surface area contributed by atoms with Crippen LogP contribution in [0.4, 0.5) is 10.6 Å². The van der Waals surface area contributed by atoms with Crippen LogP contribution in [0.5, 0.6) is 0 Å². The number of nitrogens with one attached hydrogen (secondary N) is 1. The minimum absolute atomic E-state index is 0.0790. The van der Waals surface area contributed by atoms with Crippen LogP contribution in [-0.4, -0.2) is 64.7 Å². The molecule has 0 radical (unpaired) electrons. The number of fused-ring (bicyclic) bond motifs is 1. The van der Waals surface area contributed by atoms with Gasteiger partial charge in [-0.1, -0.05) is 112 Å². The zero-order valence-electron chi connectivity index (χ0n) is 27.9. The number of carbonyl (C=O) groups is 1. The number of piperidine rings is 1. The molecule has 0 aliphatic carbocycles. The van der Waals surface area contributed by atoms with Crippen LogP contribution in [0.15, 0.2) is 110 Å². The van der Waals surface area contributed by atoms with Gasteiger partial charge < -0.3 is 19.7 Å². The number of carboxylic acid groups (broad SMARTS) is 1. The van der Waals surface area contributed by atoms with E-state index in [1.165, 1.54) is 4.90 Å². The normalized spacial score (nSPS) is 17.5. The van der Waals surface area contributed by atoms with Gasteiger partial charge in [0.15, 0.2) is 8.32 Å². The number of hydrogen-bond donors (Lipinski definition) is 2. The molecular formula is C38H45N5O3Si. The highest BCUT2D eigenvalue weighted by atomic mass is 28.4. The van der Waals surface area contributed by atoms with E-state index in [1.807, 2.05) is 36.8 Å². The molecule has 8 nitrogen and oxygen atoms in total. The van der Waals surface area contributed by atoms with Gasteiger partial charge in [-0.2, -0.15) is 0 Å². The van der Waals surface area contributed by atoms with E-state index in [0.29, 0.717) is 25.5 Å². The van der Waals surface area contributed by atoms with Crippen molar-refractivity contribution < 1.29 is 14.3 Å². The molecule has 3 aliphatic heterocycles. The summed E-state index contributed by atoms with van der Waals surface area (Å²) < 4.78 is 8.73. The van der Waals surface area contributed by atoms with Crippen LogP contribution in [0.2, 0.25) is 18.1 Å². The Morgan fingerprint density at radius 3 is 1.94 bits per heavy atom. The molecule has 2 atom stereocenters. The molecule has 0 saturated carbocycles. The Bertz CT molecular complexity index is 1660. The molecule has 9 heteroatoms. The minimum Gasteiger partial charge on any atom is -0.465 e. The molecule has 0 bridgehead atoms. The molecule has 1 saturated heterocycles. The van der Waals surface area contributed by atoms with Gasteiger partial charge in [0.1, 0.15) is 17.2 Å². The predicted octanol–water partition coefficient (Wildman–Crippen LogP) is 8.03. The molecule has 3 heterocycles. The van der Waals surface area contributed by atoms with Gasteiger partial charge in [0, 0.05) is 37.9 Å². The van der Waals surface area contributed by atoms with Crippen LogP contribution < -0.4 is 5.32 Å². The van der Waals surface area contributed by atoms with Crippen LogP contribution in [-0.2, 0) is 9.96 Å². The summed E-state index contributed by atoms with van der Waals surface area (Å²) in [5.74, 6) is 1.55. The zero-order chi connectivity index (χ0) is 33.2. The van der Waals surface area contributed by atoms with Crippen molar-refractivity contribution in [3.8, 4) is 11.4 Å². The third-order valence-corrected chi connectivity index (χ3v) is 14.5. The van der Waals surface area contributed by atoms with Crippen molar-refractivity contribution in [1.82, 2.24) is 19.4 Å². The highest BCUT2D eigenvalue weighted by Gasteiger charge is 2.42. The van der Waals surface area contributed by atoms with Crippen molar-refractivity contribution in [3.05, 3.63) is 126 Å². The quantitative estimate of drug-likeness (QED) is 0.124. The summed E-state index contributed by atoms with van der Waals surface area (Å²) in [7, 11) is -1.98. The van der Waals surface area contributed by atoms with E-state index in [0.717, 1.165) is 34.5 Å². The van der Waals surface area contributed by atoms with Gasteiger partial charge in [-0.15, -0.1) is 0 Å². The highest BCUT2D eigenvalue weighted by molar-refractivity contribution is 6.74. The molecule has 0 unspecified atom stereocenters. The number of nitrogens with zero attached hydrogens (tertiary/aromatic N) is 4. The molecule has 3 aromatic carbocycles. The van der Waals surface area contributed by atoms with Crippen LogP contribution in [0.3, 0.4) is 0 Å². The maximum atomic E-state index is 12.2. The first-order valence-electron chi connectivity index (χ1n) is 16.4. The van der Waals surface area contributed by atoms with Gasteiger partial charge in [0.25, 0.3) is 0 Å². The van der Waals surface area contributed by atoms with Crippen molar-refractivity contribution in [2.45, 2.75) is 56.9 Å². The predicted molar refractivity (Wildman–Crippen MR) is 190 cm³/mol. The van der Waals surface area contributed by atoms with E-state index in [-0.39, 0.29) is 17.0 Å². The lowest BCUT2D eigenvalue weighted by molar-refractivity contribution is 0.0969. The summed E-state index contributed by atoms with van der Waals surface area (Å²) in [5.41, 5.74) is 3.38. The van der Waals surface area contributed by atoms with Crippen LogP contribution in [0.25, 0.3) is 11.4 Å². The van der Waals surface area contributed by atoms with E-state index < -0.39 is 19.9 Å². The lowest BCUT2D eigenvalue weighted by Gasteiger charge is -2.41. The lowest BCUT2D eigenvalue weighted by Crippen LogP contribution is -2.51. The lowest BCUT2D eigenvalue weighted by atomic mass is 9.76. The fraction of sp³-hybridized carbons (Fsp3) is 0.342. The Balaban J connectivity index is 1.39. The smallest absolute Gasteiger partial charge is 0.407 e. The molecule has 0 aromatic heterocycles. The third-order valence-electron chi connectivity index (χ3n) is 10.0. The van der Waals surface area contributed by atoms with Gasteiger partial charge in [-0.05, 0) is 47.3 Å². The Kier molecular flexibility index (Phi) is 8.96. The second-order valence-corrected chi connectivity index (χ2v) is 19.0. The number of benzene rings is 3. The Labute approximate surface area is 278 Å². The molecule has 47 heavy (non-hydrogen) atoms. The van der Waals surface area contributed by atoms with Gasteiger partial charge in [0.2, 0.25) is 0 Å². The summed E-state index contributed by atoms with van der Waals surface area (Å²) in [6.07, 6.45) is 3.57. The van der Waals surface area contributed by atoms with Crippen LogP contribution in [0.1, 0.15) is 43.9 Å². The standard InChI is InChI=1S/C38H45N5O3Si/c1-37(2,3)47(4,5)46-26-28-23-32(25-42(24-28)36(44)45)41-34-33-21-22-39-35(33)43(27-40-34)38(29-15-9-6-10-16-29,30-17-11-7-12-18-30)31-19-13-8-14-20-31/h6-22,27-28,32,41H,23-26H2,1-5H3,(H,44,45)/t28-,32+/m1/s1. The topological polar surface area (TPSA) is 92.5 Å². The first-order chi connectivity index (χ1) is 22.5. The minimum atomic E-state index is -1.98. The van der Waals surface area contributed by atoms with Gasteiger partial charge in [-0.25, -0.2) is 14.8 Å². The van der Waals surface area contributed by atoms with Crippen molar-refractivity contribution in [2.75, 3.05) is 25.0 Å². The monoisotopic (exact) mass is 647 g/mol. The molecule has 2 N–H and O–H groups in total. The van der Waals surface area contributed by atoms with E-state index >= 15 is 0 Å². The van der Waals surface area contributed by atoms with Crippen molar-refractivity contribution >= 4 is 20.2 Å². The molecule has 6 rings (SSSR count). The number of aromatic nitrogens is 3. The summed E-state index contributed by atoms with van der Waals surface area (Å²) in [5, 5.41) is 13.7. The van der Waals surface area contributed by atoms with Crippen LogP contribution in [0, 0.1) is 5.92 Å². The largest absolute Gasteiger partial charge is 0.465 e. The number of likely N-dealkylation sites (tertiary alicyclic amines) is 1. The third kappa shape index (κ3) is 6.29.